The lowest BCUT2D eigenvalue weighted by atomic mass is 10.1. The Bertz CT molecular complexity index is 1150. The summed E-state index contributed by atoms with van der Waals surface area (Å²) in [6.45, 7) is 1.80. The van der Waals surface area contributed by atoms with Crippen molar-refractivity contribution >= 4 is 29.5 Å². The fraction of sp³-hybridized carbons (Fsp3) is 0.136. The number of urea groups is 1. The minimum absolute atomic E-state index is 0.0409. The van der Waals surface area contributed by atoms with Gasteiger partial charge in [0.05, 0.1) is 0 Å². The third-order valence-corrected chi connectivity index (χ3v) is 5.65. The Morgan fingerprint density at radius 3 is 2.61 bits per heavy atom. The van der Waals surface area contributed by atoms with E-state index in [9.17, 15) is 14.4 Å². The average Bonchev–Trinajstić information content (AvgIpc) is 3.11. The molecule has 0 bridgehead atoms. The van der Waals surface area contributed by atoms with Gasteiger partial charge >= 0.3 is 6.03 Å². The number of amides is 3. The first-order chi connectivity index (χ1) is 15.0. The predicted molar refractivity (Wildman–Crippen MR) is 113 cm³/mol. The van der Waals surface area contributed by atoms with E-state index in [0.717, 1.165) is 15.4 Å². The summed E-state index contributed by atoms with van der Waals surface area (Å²) in [5.74, 6) is 0.239. The van der Waals surface area contributed by atoms with Crippen molar-refractivity contribution in [3.63, 3.8) is 0 Å². The number of hydrogen-bond donors (Lipinski definition) is 2. The monoisotopic (exact) mass is 434 g/mol. The number of nitrogens with one attached hydrogen (secondary N) is 2. The predicted octanol–water partition coefficient (Wildman–Crippen LogP) is 3.29. The Morgan fingerprint density at radius 1 is 1.10 bits per heavy atom. The zero-order valence-electron chi connectivity index (χ0n) is 16.5. The van der Waals surface area contributed by atoms with Crippen LogP contribution in [-0.2, 0) is 11.4 Å². The van der Waals surface area contributed by atoms with Crippen LogP contribution >= 0.6 is 11.8 Å². The van der Waals surface area contributed by atoms with Crippen molar-refractivity contribution in [2.45, 2.75) is 29.4 Å². The van der Waals surface area contributed by atoms with Gasteiger partial charge in [0, 0.05) is 51.3 Å². The molecule has 1 aliphatic heterocycles. The molecule has 3 amide bonds. The second kappa shape index (κ2) is 8.97. The summed E-state index contributed by atoms with van der Waals surface area (Å²) in [6, 6.07) is 9.79. The van der Waals surface area contributed by atoms with Gasteiger partial charge in [0.15, 0.2) is 5.78 Å². The Balaban J connectivity index is 1.43. The maximum absolute atomic E-state index is 12.0. The highest BCUT2D eigenvalue weighted by Gasteiger charge is 2.32. The lowest BCUT2D eigenvalue weighted by Gasteiger charge is -2.13. The van der Waals surface area contributed by atoms with Gasteiger partial charge in [-0.25, -0.2) is 4.79 Å². The molecule has 0 saturated carbocycles. The fourth-order valence-electron chi connectivity index (χ4n) is 3.00. The van der Waals surface area contributed by atoms with Gasteiger partial charge in [-0.05, 0) is 43.3 Å². The number of carbonyl (C=O) groups is 3. The number of carbonyl (C=O) groups excluding carboxylic acids is 3. The van der Waals surface area contributed by atoms with Crippen LogP contribution < -0.4 is 15.4 Å². The smallest absolute Gasteiger partial charge is 0.322 e. The Morgan fingerprint density at radius 2 is 1.90 bits per heavy atom. The third-order valence-electron chi connectivity index (χ3n) is 4.55. The van der Waals surface area contributed by atoms with Gasteiger partial charge in [0.2, 0.25) is 0 Å². The van der Waals surface area contributed by atoms with Gasteiger partial charge in [0.1, 0.15) is 18.4 Å². The van der Waals surface area contributed by atoms with E-state index in [1.54, 1.807) is 30.7 Å². The van der Waals surface area contributed by atoms with Crippen molar-refractivity contribution in [1.29, 1.82) is 0 Å². The van der Waals surface area contributed by atoms with Crippen LogP contribution in [0.15, 0.2) is 71.0 Å². The van der Waals surface area contributed by atoms with E-state index < -0.39 is 18.0 Å². The SMILES string of the molecule is CC(=O)c1cncc(COc2ccc(Sc3ccncc3C3NC(=O)NC3=O)cc2)c1. The molecule has 0 radical (unpaired) electrons. The molecule has 0 aliphatic carbocycles. The molecular weight excluding hydrogens is 416 g/mol. The molecule has 1 saturated heterocycles. The number of ether oxygens (including phenoxy) is 1. The van der Waals surface area contributed by atoms with Crippen molar-refractivity contribution in [1.82, 2.24) is 20.6 Å². The summed E-state index contributed by atoms with van der Waals surface area (Å²) >= 11 is 1.46. The van der Waals surface area contributed by atoms with Gasteiger partial charge in [-0.2, -0.15) is 0 Å². The molecule has 156 valence electrons. The highest BCUT2D eigenvalue weighted by molar-refractivity contribution is 7.99. The third kappa shape index (κ3) is 4.89. The van der Waals surface area contributed by atoms with E-state index in [1.807, 2.05) is 24.3 Å². The number of hydrogen-bond acceptors (Lipinski definition) is 7. The average molecular weight is 434 g/mol. The number of ketones is 1. The summed E-state index contributed by atoms with van der Waals surface area (Å²) in [7, 11) is 0. The van der Waals surface area contributed by atoms with Crippen LogP contribution in [0.2, 0.25) is 0 Å². The van der Waals surface area contributed by atoms with Gasteiger partial charge < -0.3 is 10.1 Å². The first kappa shape index (κ1) is 20.5. The molecule has 2 aromatic heterocycles. The zero-order valence-corrected chi connectivity index (χ0v) is 17.3. The molecule has 1 aliphatic rings. The molecule has 3 aromatic rings. The maximum atomic E-state index is 12.0. The molecule has 4 rings (SSSR count). The molecular formula is C22H18N4O4S. The summed E-state index contributed by atoms with van der Waals surface area (Å²) in [6.07, 6.45) is 6.42. The van der Waals surface area contributed by atoms with Gasteiger partial charge in [-0.15, -0.1) is 0 Å². The molecule has 2 N–H and O–H groups in total. The molecule has 3 heterocycles. The van der Waals surface area contributed by atoms with Crippen molar-refractivity contribution in [3.8, 4) is 5.75 Å². The molecule has 1 aromatic carbocycles. The van der Waals surface area contributed by atoms with E-state index in [0.29, 0.717) is 23.5 Å². The highest BCUT2D eigenvalue weighted by atomic mass is 32.2. The van der Waals surface area contributed by atoms with Crippen LogP contribution in [0.3, 0.4) is 0 Å². The second-order valence-corrected chi connectivity index (χ2v) is 7.92. The highest BCUT2D eigenvalue weighted by Crippen LogP contribution is 2.34. The zero-order chi connectivity index (χ0) is 21.8. The molecule has 8 nitrogen and oxygen atoms in total. The Labute approximate surface area is 182 Å². The molecule has 1 fully saturated rings. The number of rotatable bonds is 7. The van der Waals surface area contributed by atoms with Crippen molar-refractivity contribution in [3.05, 3.63) is 77.9 Å². The van der Waals surface area contributed by atoms with Crippen LogP contribution in [0, 0.1) is 0 Å². The van der Waals surface area contributed by atoms with Crippen LogP contribution in [0.1, 0.15) is 34.5 Å². The van der Waals surface area contributed by atoms with Crippen LogP contribution in [0.25, 0.3) is 0 Å². The van der Waals surface area contributed by atoms with E-state index in [-0.39, 0.29) is 5.78 Å². The number of imide groups is 1. The minimum Gasteiger partial charge on any atom is -0.489 e. The van der Waals surface area contributed by atoms with E-state index in [1.165, 1.54) is 24.9 Å². The summed E-state index contributed by atoms with van der Waals surface area (Å²) in [5.41, 5.74) is 1.99. The van der Waals surface area contributed by atoms with E-state index >= 15 is 0 Å². The minimum atomic E-state index is -0.759. The molecule has 31 heavy (non-hydrogen) atoms. The normalized spacial score (nSPS) is 15.3. The standard InChI is InChI=1S/C22H18N4O4S/c1-13(27)15-8-14(9-24-10-15)12-30-16-2-4-17(5-3-16)31-19-6-7-23-11-18(19)20-21(28)26-22(29)25-20/h2-11,20H,12H2,1H3,(H2,25,26,28,29). The molecule has 1 unspecified atom stereocenters. The van der Waals surface area contributed by atoms with E-state index in [4.69, 9.17) is 4.74 Å². The summed E-state index contributed by atoms with van der Waals surface area (Å²) < 4.78 is 5.79. The van der Waals surface area contributed by atoms with Crippen LogP contribution in [0.5, 0.6) is 5.75 Å². The van der Waals surface area contributed by atoms with E-state index in [2.05, 4.69) is 20.6 Å². The largest absolute Gasteiger partial charge is 0.489 e. The topological polar surface area (TPSA) is 110 Å². The second-order valence-electron chi connectivity index (χ2n) is 6.81. The summed E-state index contributed by atoms with van der Waals surface area (Å²) in [4.78, 5) is 44.8. The lowest BCUT2D eigenvalue weighted by molar-refractivity contribution is -0.120. The van der Waals surface area contributed by atoms with Crippen molar-refractivity contribution < 1.29 is 19.1 Å². The van der Waals surface area contributed by atoms with Crippen molar-refractivity contribution in [2.75, 3.05) is 0 Å². The quantitative estimate of drug-likeness (QED) is 0.434. The first-order valence-electron chi connectivity index (χ1n) is 9.40. The molecule has 9 heteroatoms. The van der Waals surface area contributed by atoms with Crippen LogP contribution in [0.4, 0.5) is 4.79 Å². The fourth-order valence-corrected chi connectivity index (χ4v) is 3.94. The number of aromatic nitrogens is 2. The number of benzene rings is 1. The maximum Gasteiger partial charge on any atom is 0.322 e. The van der Waals surface area contributed by atoms with Gasteiger partial charge in [-0.3, -0.25) is 24.9 Å². The first-order valence-corrected chi connectivity index (χ1v) is 10.2. The molecule has 1 atom stereocenters. The number of Topliss-reactive ketones (excluding diaryl/α,β-unsaturated/α-hetero) is 1. The van der Waals surface area contributed by atoms with Crippen molar-refractivity contribution in [2.24, 2.45) is 0 Å². The van der Waals surface area contributed by atoms with Gasteiger partial charge in [0.25, 0.3) is 5.91 Å². The molecule has 0 spiro atoms. The summed E-state index contributed by atoms with van der Waals surface area (Å²) in [5, 5.41) is 4.83. The number of nitrogens with zero attached hydrogens (tertiary/aromatic N) is 2. The lowest BCUT2D eigenvalue weighted by Crippen LogP contribution is -2.22. The number of pyridine rings is 2. The van der Waals surface area contributed by atoms with Gasteiger partial charge in [-0.1, -0.05) is 11.8 Å². The Kier molecular flexibility index (Phi) is 5.94. The Hall–Kier alpha value is -3.72. The van der Waals surface area contributed by atoms with Crippen LogP contribution in [-0.4, -0.2) is 27.7 Å².